The van der Waals surface area contributed by atoms with Gasteiger partial charge in [0.2, 0.25) is 0 Å². The van der Waals surface area contributed by atoms with Gasteiger partial charge in [0.25, 0.3) is 0 Å². The van der Waals surface area contributed by atoms with Crippen molar-refractivity contribution >= 4 is 0 Å². The Morgan fingerprint density at radius 2 is 1.63 bits per heavy atom. The number of hydrogen-bond acceptors (Lipinski definition) is 1. The highest BCUT2D eigenvalue weighted by Crippen LogP contribution is 2.44. The quantitative estimate of drug-likeness (QED) is 0.767. The molecule has 0 atom stereocenters. The molecule has 1 saturated carbocycles. The molecule has 1 nitrogen and oxygen atoms in total. The fourth-order valence-electron chi connectivity index (χ4n) is 3.49. The highest BCUT2D eigenvalue weighted by Gasteiger charge is 2.32. The first-order valence-corrected chi connectivity index (χ1v) is 8.00. The number of aryl methyl sites for hydroxylation is 2. The highest BCUT2D eigenvalue weighted by atomic mass is 14.8. The van der Waals surface area contributed by atoms with Crippen molar-refractivity contribution in [3.8, 4) is 0 Å². The van der Waals surface area contributed by atoms with Crippen LogP contribution in [0.5, 0.6) is 0 Å². The van der Waals surface area contributed by atoms with Crippen LogP contribution < -0.4 is 5.32 Å². The van der Waals surface area contributed by atoms with E-state index in [0.717, 1.165) is 6.42 Å². The molecular weight excluding hydrogens is 230 g/mol. The smallest absolute Gasteiger partial charge is 0.00466 e. The van der Waals surface area contributed by atoms with Crippen LogP contribution in [0.2, 0.25) is 0 Å². The van der Waals surface area contributed by atoms with Crippen molar-refractivity contribution in [2.45, 2.75) is 58.3 Å². The first kappa shape index (κ1) is 14.6. The summed E-state index contributed by atoms with van der Waals surface area (Å²) in [5, 5.41) is 3.33. The third kappa shape index (κ3) is 4.07. The largest absolute Gasteiger partial charge is 0.320 e. The van der Waals surface area contributed by atoms with Gasteiger partial charge in [-0.05, 0) is 68.7 Å². The lowest BCUT2D eigenvalue weighted by molar-refractivity contribution is 0.247. The molecule has 1 aromatic carbocycles. The maximum atomic E-state index is 3.33. The van der Waals surface area contributed by atoms with E-state index in [9.17, 15) is 0 Å². The van der Waals surface area contributed by atoms with Crippen molar-refractivity contribution in [1.82, 2.24) is 5.32 Å². The summed E-state index contributed by atoms with van der Waals surface area (Å²) < 4.78 is 0. The summed E-state index contributed by atoms with van der Waals surface area (Å²) in [5.74, 6) is 0. The van der Waals surface area contributed by atoms with Gasteiger partial charge in [-0.25, -0.2) is 0 Å². The fraction of sp³-hybridized carbons (Fsp3) is 0.667. The number of hydrogen-bond donors (Lipinski definition) is 1. The molecule has 0 amide bonds. The third-order valence-corrected chi connectivity index (χ3v) is 4.94. The summed E-state index contributed by atoms with van der Waals surface area (Å²) >= 11 is 0. The Morgan fingerprint density at radius 3 is 2.21 bits per heavy atom. The van der Waals surface area contributed by atoms with Crippen molar-refractivity contribution < 1.29 is 0 Å². The van der Waals surface area contributed by atoms with E-state index in [2.05, 4.69) is 43.6 Å². The zero-order valence-corrected chi connectivity index (χ0v) is 12.7. The van der Waals surface area contributed by atoms with E-state index in [1.54, 1.807) is 0 Å². The Labute approximate surface area is 118 Å². The number of nitrogens with one attached hydrogen (secondary N) is 1. The Bertz CT molecular complexity index is 360. The zero-order valence-electron chi connectivity index (χ0n) is 12.7. The summed E-state index contributed by atoms with van der Waals surface area (Å²) in [6, 6.07) is 9.26. The summed E-state index contributed by atoms with van der Waals surface area (Å²) in [6.07, 6.45) is 10.9. The monoisotopic (exact) mass is 259 g/mol. The van der Waals surface area contributed by atoms with Gasteiger partial charge < -0.3 is 5.32 Å². The van der Waals surface area contributed by atoms with Crippen LogP contribution in [-0.2, 0) is 12.8 Å². The van der Waals surface area contributed by atoms with Gasteiger partial charge in [0.1, 0.15) is 0 Å². The minimum Gasteiger partial charge on any atom is -0.320 e. The van der Waals surface area contributed by atoms with Crippen LogP contribution in [0.25, 0.3) is 0 Å². The molecule has 106 valence electrons. The van der Waals surface area contributed by atoms with Gasteiger partial charge in [0.15, 0.2) is 0 Å². The van der Waals surface area contributed by atoms with Crippen molar-refractivity contribution in [2.24, 2.45) is 5.41 Å². The topological polar surface area (TPSA) is 12.0 Å². The highest BCUT2D eigenvalue weighted by molar-refractivity contribution is 5.22. The maximum Gasteiger partial charge on any atom is -0.00466 e. The van der Waals surface area contributed by atoms with E-state index in [1.165, 1.54) is 62.6 Å². The average molecular weight is 259 g/mol. The van der Waals surface area contributed by atoms with E-state index < -0.39 is 0 Å². The van der Waals surface area contributed by atoms with Gasteiger partial charge in [-0.1, -0.05) is 44.0 Å². The molecule has 1 heteroatoms. The SMILES string of the molecule is CCc1ccc(CCC2(CCNC)CCCC2)cc1. The summed E-state index contributed by atoms with van der Waals surface area (Å²) in [7, 11) is 2.08. The second-order valence-electron chi connectivity index (χ2n) is 6.23. The molecular formula is C18H29N. The standard InChI is InChI=1S/C18H29N/c1-3-16-6-8-17(9-7-16)10-13-18(14-15-19-2)11-4-5-12-18/h6-9,19H,3-5,10-15H2,1-2H3. The molecule has 0 aliphatic heterocycles. The van der Waals surface area contributed by atoms with Crippen LogP contribution in [0, 0.1) is 5.41 Å². The lowest BCUT2D eigenvalue weighted by Gasteiger charge is -2.29. The first-order valence-electron chi connectivity index (χ1n) is 8.00. The van der Waals surface area contributed by atoms with Crippen molar-refractivity contribution in [1.29, 1.82) is 0 Å². The van der Waals surface area contributed by atoms with Gasteiger partial charge in [-0.2, -0.15) is 0 Å². The second kappa shape index (κ2) is 7.09. The molecule has 1 aliphatic rings. The third-order valence-electron chi connectivity index (χ3n) is 4.94. The normalized spacial score (nSPS) is 17.8. The summed E-state index contributed by atoms with van der Waals surface area (Å²) in [4.78, 5) is 0. The number of benzene rings is 1. The van der Waals surface area contributed by atoms with E-state index in [0.29, 0.717) is 5.41 Å². The molecule has 0 saturated heterocycles. The van der Waals surface area contributed by atoms with Crippen LogP contribution in [0.3, 0.4) is 0 Å². The molecule has 1 N–H and O–H groups in total. The Balaban J connectivity index is 1.90. The predicted octanol–water partition coefficient (Wildman–Crippen LogP) is 4.35. The molecule has 1 fully saturated rings. The average Bonchev–Trinajstić information content (AvgIpc) is 2.93. The van der Waals surface area contributed by atoms with E-state index in [4.69, 9.17) is 0 Å². The number of rotatable bonds is 7. The molecule has 19 heavy (non-hydrogen) atoms. The summed E-state index contributed by atoms with van der Waals surface area (Å²) in [5.41, 5.74) is 3.61. The molecule has 1 aliphatic carbocycles. The van der Waals surface area contributed by atoms with Crippen LogP contribution in [0.15, 0.2) is 24.3 Å². The van der Waals surface area contributed by atoms with Gasteiger partial charge >= 0.3 is 0 Å². The van der Waals surface area contributed by atoms with Crippen molar-refractivity contribution in [3.05, 3.63) is 35.4 Å². The van der Waals surface area contributed by atoms with Crippen LogP contribution in [0.1, 0.15) is 56.6 Å². The minimum atomic E-state index is 0.631. The lowest BCUT2D eigenvalue weighted by Crippen LogP contribution is -2.23. The van der Waals surface area contributed by atoms with Crippen molar-refractivity contribution in [2.75, 3.05) is 13.6 Å². The molecule has 2 rings (SSSR count). The van der Waals surface area contributed by atoms with Crippen molar-refractivity contribution in [3.63, 3.8) is 0 Å². The molecule has 0 spiro atoms. The molecule has 0 aromatic heterocycles. The van der Waals surface area contributed by atoms with Crippen LogP contribution in [0.4, 0.5) is 0 Å². The minimum absolute atomic E-state index is 0.631. The fourth-order valence-corrected chi connectivity index (χ4v) is 3.49. The Kier molecular flexibility index (Phi) is 5.45. The van der Waals surface area contributed by atoms with E-state index >= 15 is 0 Å². The Hall–Kier alpha value is -0.820. The molecule has 0 unspecified atom stereocenters. The van der Waals surface area contributed by atoms with Gasteiger partial charge in [0.05, 0.1) is 0 Å². The first-order chi connectivity index (χ1) is 9.28. The molecule has 0 radical (unpaired) electrons. The predicted molar refractivity (Wildman–Crippen MR) is 83.6 cm³/mol. The zero-order chi connectivity index (χ0) is 13.6. The lowest BCUT2D eigenvalue weighted by atomic mass is 9.77. The van der Waals surface area contributed by atoms with E-state index in [-0.39, 0.29) is 0 Å². The molecule has 0 heterocycles. The molecule has 0 bridgehead atoms. The van der Waals surface area contributed by atoms with Crippen LogP contribution >= 0.6 is 0 Å². The Morgan fingerprint density at radius 1 is 1.00 bits per heavy atom. The summed E-state index contributed by atoms with van der Waals surface area (Å²) in [6.45, 7) is 3.40. The maximum absolute atomic E-state index is 3.33. The van der Waals surface area contributed by atoms with Gasteiger partial charge in [-0.15, -0.1) is 0 Å². The second-order valence-corrected chi connectivity index (χ2v) is 6.23. The van der Waals surface area contributed by atoms with Gasteiger partial charge in [-0.3, -0.25) is 0 Å². The van der Waals surface area contributed by atoms with Gasteiger partial charge in [0, 0.05) is 0 Å². The van der Waals surface area contributed by atoms with E-state index in [1.807, 2.05) is 0 Å². The molecule has 1 aromatic rings. The van der Waals surface area contributed by atoms with Crippen LogP contribution in [-0.4, -0.2) is 13.6 Å².